The highest BCUT2D eigenvalue weighted by molar-refractivity contribution is 5.94. The van der Waals surface area contributed by atoms with Crippen molar-refractivity contribution in [3.8, 4) is 0 Å². The molecule has 1 N–H and O–H groups in total. The first-order chi connectivity index (χ1) is 15.6. The summed E-state index contributed by atoms with van der Waals surface area (Å²) in [7, 11) is 0. The van der Waals surface area contributed by atoms with Gasteiger partial charge in [-0.15, -0.1) is 0 Å². The maximum absolute atomic E-state index is 13.1. The van der Waals surface area contributed by atoms with E-state index >= 15 is 0 Å². The fourth-order valence-corrected chi connectivity index (χ4v) is 7.36. The lowest BCUT2D eigenvalue weighted by Crippen LogP contribution is -2.47. The van der Waals surface area contributed by atoms with Crippen molar-refractivity contribution in [2.75, 3.05) is 31.6 Å². The maximum Gasteiger partial charge on any atom is 0.274 e. The number of rotatable bonds is 4. The Balaban J connectivity index is 1.19. The summed E-state index contributed by atoms with van der Waals surface area (Å²) >= 11 is 0. The van der Waals surface area contributed by atoms with Crippen LogP contribution in [0.3, 0.4) is 0 Å². The Morgan fingerprint density at radius 3 is 2.56 bits per heavy atom. The highest BCUT2D eigenvalue weighted by Crippen LogP contribution is 2.61. The van der Waals surface area contributed by atoms with E-state index in [2.05, 4.69) is 10.3 Å². The third-order valence-electron chi connectivity index (χ3n) is 8.19. The van der Waals surface area contributed by atoms with Gasteiger partial charge in [0.15, 0.2) is 0 Å². The number of nitrogens with one attached hydrogen (secondary N) is 1. The van der Waals surface area contributed by atoms with Crippen molar-refractivity contribution in [3.63, 3.8) is 0 Å². The summed E-state index contributed by atoms with van der Waals surface area (Å²) in [6, 6.07) is 5.65. The van der Waals surface area contributed by atoms with Crippen LogP contribution in [-0.4, -0.2) is 52.4 Å². The van der Waals surface area contributed by atoms with Gasteiger partial charge in [-0.05, 0) is 80.2 Å². The van der Waals surface area contributed by atoms with Crippen LogP contribution in [0.5, 0.6) is 0 Å². The minimum Gasteiger partial charge on any atom is -0.380 e. The zero-order valence-corrected chi connectivity index (χ0v) is 18.6. The average molecular weight is 437 g/mol. The predicted octanol–water partition coefficient (Wildman–Crippen LogP) is 3.74. The standard InChI is InChI=1S/C25H32N4O3/c30-23(15-25-12-17-9-18(13-25)11-19(10-17)14-25)27-22-4-1-3-21-26-20(16-29(21)22)24(31)28-5-2-7-32-8-6-28/h1,3-4,16-19H,2,5-15H2,(H,27,30). The van der Waals surface area contributed by atoms with Gasteiger partial charge < -0.3 is 15.0 Å². The van der Waals surface area contributed by atoms with E-state index in [1.807, 2.05) is 22.6 Å². The normalized spacial score (nSPS) is 31.6. The molecule has 7 rings (SSSR count). The highest BCUT2D eigenvalue weighted by atomic mass is 16.5. The van der Waals surface area contributed by atoms with Crippen LogP contribution in [0.1, 0.15) is 61.9 Å². The molecule has 0 unspecified atom stereocenters. The van der Waals surface area contributed by atoms with Crippen molar-refractivity contribution < 1.29 is 14.3 Å². The second kappa shape index (κ2) is 7.87. The molecule has 1 saturated heterocycles. The first-order valence-corrected chi connectivity index (χ1v) is 12.2. The van der Waals surface area contributed by atoms with Gasteiger partial charge >= 0.3 is 0 Å². The van der Waals surface area contributed by atoms with Crippen molar-refractivity contribution in [2.24, 2.45) is 23.2 Å². The predicted molar refractivity (Wildman–Crippen MR) is 120 cm³/mol. The van der Waals surface area contributed by atoms with Gasteiger partial charge in [0.2, 0.25) is 5.91 Å². The Labute approximate surface area is 188 Å². The summed E-state index contributed by atoms with van der Waals surface area (Å²) in [6.45, 7) is 2.52. The number of carbonyl (C=O) groups is 2. The van der Waals surface area contributed by atoms with Gasteiger partial charge in [0, 0.05) is 32.3 Å². The van der Waals surface area contributed by atoms with Crippen molar-refractivity contribution in [2.45, 2.75) is 51.4 Å². The molecular weight excluding hydrogens is 404 g/mol. The lowest BCUT2D eigenvalue weighted by Gasteiger charge is -2.56. The number of ether oxygens (including phenoxy) is 1. The van der Waals surface area contributed by atoms with Gasteiger partial charge in [-0.25, -0.2) is 4.98 Å². The third kappa shape index (κ3) is 3.70. The number of hydrogen-bond acceptors (Lipinski definition) is 4. The van der Waals surface area contributed by atoms with Crippen LogP contribution < -0.4 is 5.32 Å². The molecule has 2 aromatic heterocycles. The minimum absolute atomic E-state index is 0.0787. The Hall–Kier alpha value is -2.41. The summed E-state index contributed by atoms with van der Waals surface area (Å²) in [5, 5.41) is 3.14. The zero-order valence-electron chi connectivity index (χ0n) is 18.6. The topological polar surface area (TPSA) is 75.9 Å². The van der Waals surface area contributed by atoms with E-state index in [1.54, 1.807) is 11.1 Å². The fourth-order valence-electron chi connectivity index (χ4n) is 7.36. The van der Waals surface area contributed by atoms with Crippen LogP contribution in [0.15, 0.2) is 24.4 Å². The maximum atomic E-state index is 13.1. The van der Waals surface area contributed by atoms with Gasteiger partial charge in [0.25, 0.3) is 5.91 Å². The molecule has 170 valence electrons. The molecular formula is C25H32N4O3. The quantitative estimate of drug-likeness (QED) is 0.792. The second-order valence-corrected chi connectivity index (χ2v) is 10.7. The van der Waals surface area contributed by atoms with E-state index in [1.165, 1.54) is 38.5 Å². The molecule has 5 fully saturated rings. The number of carbonyl (C=O) groups excluding carboxylic acids is 2. The van der Waals surface area contributed by atoms with Crippen LogP contribution in [0.4, 0.5) is 5.82 Å². The Morgan fingerprint density at radius 1 is 1.06 bits per heavy atom. The molecule has 7 heteroatoms. The number of nitrogens with zero attached hydrogens (tertiary/aromatic N) is 3. The van der Waals surface area contributed by atoms with E-state index in [-0.39, 0.29) is 17.2 Å². The van der Waals surface area contributed by atoms with Gasteiger partial charge in [-0.1, -0.05) is 6.07 Å². The molecule has 5 aliphatic rings. The molecule has 3 heterocycles. The Bertz CT molecular complexity index is 1000. The van der Waals surface area contributed by atoms with Crippen molar-refractivity contribution in [1.82, 2.24) is 14.3 Å². The Morgan fingerprint density at radius 2 is 1.81 bits per heavy atom. The number of fused-ring (bicyclic) bond motifs is 1. The summed E-state index contributed by atoms with van der Waals surface area (Å²) in [5.41, 5.74) is 1.29. The lowest BCUT2D eigenvalue weighted by atomic mass is 9.49. The van der Waals surface area contributed by atoms with E-state index < -0.39 is 0 Å². The molecule has 4 saturated carbocycles. The molecule has 0 aromatic carbocycles. The van der Waals surface area contributed by atoms with Crippen molar-refractivity contribution in [1.29, 1.82) is 0 Å². The van der Waals surface area contributed by atoms with Crippen molar-refractivity contribution >= 4 is 23.3 Å². The van der Waals surface area contributed by atoms with E-state index in [9.17, 15) is 9.59 Å². The molecule has 0 atom stereocenters. The van der Waals surface area contributed by atoms with Gasteiger partial charge in [-0.3, -0.25) is 14.0 Å². The number of hydrogen-bond donors (Lipinski definition) is 1. The molecule has 2 amide bonds. The highest BCUT2D eigenvalue weighted by Gasteiger charge is 2.51. The van der Waals surface area contributed by atoms with Gasteiger partial charge in [0.1, 0.15) is 17.2 Å². The Kier molecular flexibility index (Phi) is 4.97. The summed E-state index contributed by atoms with van der Waals surface area (Å²) in [4.78, 5) is 32.5. The number of aromatic nitrogens is 2. The molecule has 7 nitrogen and oxygen atoms in total. The van der Waals surface area contributed by atoms with Crippen molar-refractivity contribution in [3.05, 3.63) is 30.1 Å². The minimum atomic E-state index is -0.0787. The average Bonchev–Trinajstić information content (AvgIpc) is 3.00. The molecule has 2 aromatic rings. The van der Waals surface area contributed by atoms with Crippen LogP contribution in [0.2, 0.25) is 0 Å². The number of pyridine rings is 1. The molecule has 0 radical (unpaired) electrons. The van der Waals surface area contributed by atoms with E-state index in [0.29, 0.717) is 49.9 Å². The van der Waals surface area contributed by atoms with E-state index in [0.717, 1.165) is 24.2 Å². The third-order valence-corrected chi connectivity index (χ3v) is 8.19. The summed E-state index contributed by atoms with van der Waals surface area (Å²) < 4.78 is 7.30. The van der Waals surface area contributed by atoms with Gasteiger partial charge in [-0.2, -0.15) is 0 Å². The van der Waals surface area contributed by atoms with Crippen LogP contribution in [0.25, 0.3) is 5.65 Å². The monoisotopic (exact) mass is 436 g/mol. The second-order valence-electron chi connectivity index (χ2n) is 10.7. The fraction of sp³-hybridized carbons (Fsp3) is 0.640. The zero-order chi connectivity index (χ0) is 21.7. The summed E-state index contributed by atoms with van der Waals surface area (Å²) in [5.74, 6) is 3.20. The number of imidazole rings is 1. The molecule has 32 heavy (non-hydrogen) atoms. The molecule has 1 aliphatic heterocycles. The first-order valence-electron chi connectivity index (χ1n) is 12.2. The number of amides is 2. The molecule has 0 spiro atoms. The first kappa shape index (κ1) is 20.2. The SMILES string of the molecule is O=C(CC12CC3CC(CC(C3)C1)C2)Nc1cccc2nc(C(=O)N3CCCOCC3)cn12. The van der Waals surface area contributed by atoms with Crippen LogP contribution in [-0.2, 0) is 9.53 Å². The number of anilines is 1. The van der Waals surface area contributed by atoms with Gasteiger partial charge in [0.05, 0.1) is 6.61 Å². The summed E-state index contributed by atoms with van der Waals surface area (Å²) in [6.07, 6.45) is 11.0. The van der Waals surface area contributed by atoms with Crippen LogP contribution >= 0.6 is 0 Å². The van der Waals surface area contributed by atoms with E-state index in [4.69, 9.17) is 4.74 Å². The van der Waals surface area contributed by atoms with Crippen LogP contribution in [0, 0.1) is 23.2 Å². The molecule has 4 bridgehead atoms. The lowest BCUT2D eigenvalue weighted by molar-refractivity contribution is -0.124. The molecule has 4 aliphatic carbocycles. The largest absolute Gasteiger partial charge is 0.380 e. The smallest absolute Gasteiger partial charge is 0.274 e.